The molecule has 1 unspecified atom stereocenters. The highest BCUT2D eigenvalue weighted by molar-refractivity contribution is 6.42. The highest BCUT2D eigenvalue weighted by Crippen LogP contribution is 2.26. The van der Waals surface area contributed by atoms with Gasteiger partial charge < -0.3 is 15.5 Å². The second-order valence-corrected chi connectivity index (χ2v) is 4.34. The summed E-state index contributed by atoms with van der Waals surface area (Å²) in [4.78, 5) is 22.0. The summed E-state index contributed by atoms with van der Waals surface area (Å²) < 4.78 is 0. The number of amides is 1. The van der Waals surface area contributed by atoms with Crippen LogP contribution >= 0.6 is 23.2 Å². The Morgan fingerprint density at radius 1 is 1.37 bits per heavy atom. The van der Waals surface area contributed by atoms with Crippen LogP contribution in [0.1, 0.15) is 5.56 Å². The smallest absolute Gasteiger partial charge is 0.328 e. The summed E-state index contributed by atoms with van der Waals surface area (Å²) in [7, 11) is 0. The molecule has 0 heterocycles. The standard InChI is InChI=1S/C12H11Cl2NO4/c13-8-3-1-2-7(11(8)14)4-5-10(17)15-9(6-16)12(18)19/h1-5,9,16H,6H2,(H,15,17)(H,18,19)/b5-4+. The molecule has 0 radical (unpaired) electrons. The first-order valence-electron chi connectivity index (χ1n) is 5.22. The van der Waals surface area contributed by atoms with Gasteiger partial charge in [0.1, 0.15) is 0 Å². The predicted octanol–water partition coefficient (Wildman–Crippen LogP) is 1.57. The number of nitrogens with one attached hydrogen (secondary N) is 1. The Morgan fingerprint density at radius 3 is 2.63 bits per heavy atom. The summed E-state index contributed by atoms with van der Waals surface area (Å²) in [5.41, 5.74) is 0.528. The van der Waals surface area contributed by atoms with E-state index in [0.29, 0.717) is 15.6 Å². The van der Waals surface area contributed by atoms with E-state index in [1.165, 1.54) is 6.08 Å². The number of carbonyl (C=O) groups is 2. The molecule has 0 aliphatic heterocycles. The number of rotatable bonds is 5. The molecule has 0 aliphatic carbocycles. The molecule has 1 atom stereocenters. The van der Waals surface area contributed by atoms with Crippen molar-refractivity contribution in [2.45, 2.75) is 6.04 Å². The van der Waals surface area contributed by atoms with Crippen molar-refractivity contribution in [2.24, 2.45) is 0 Å². The summed E-state index contributed by atoms with van der Waals surface area (Å²) in [5.74, 6) is -1.97. The van der Waals surface area contributed by atoms with Crippen LogP contribution < -0.4 is 5.32 Å². The Hall–Kier alpha value is -1.56. The molecule has 3 N–H and O–H groups in total. The minimum Gasteiger partial charge on any atom is -0.480 e. The molecule has 102 valence electrons. The zero-order valence-electron chi connectivity index (χ0n) is 9.64. The van der Waals surface area contributed by atoms with Crippen LogP contribution in [-0.2, 0) is 9.59 Å². The van der Waals surface area contributed by atoms with Gasteiger partial charge in [-0.05, 0) is 17.7 Å². The van der Waals surface area contributed by atoms with Gasteiger partial charge in [0.15, 0.2) is 6.04 Å². The first-order valence-corrected chi connectivity index (χ1v) is 5.97. The van der Waals surface area contributed by atoms with Gasteiger partial charge in [0.25, 0.3) is 0 Å². The number of carboxylic acid groups (broad SMARTS) is 1. The second kappa shape index (κ2) is 7.13. The first kappa shape index (κ1) is 15.5. The van der Waals surface area contributed by atoms with Gasteiger partial charge in [-0.15, -0.1) is 0 Å². The van der Waals surface area contributed by atoms with Gasteiger partial charge in [0, 0.05) is 6.08 Å². The third-order valence-electron chi connectivity index (χ3n) is 2.19. The van der Waals surface area contributed by atoms with E-state index in [0.717, 1.165) is 6.08 Å². The van der Waals surface area contributed by atoms with Gasteiger partial charge in [0.05, 0.1) is 16.7 Å². The van der Waals surface area contributed by atoms with E-state index in [9.17, 15) is 9.59 Å². The van der Waals surface area contributed by atoms with Crippen LogP contribution in [-0.4, -0.2) is 34.7 Å². The Balaban J connectivity index is 2.73. The molecule has 1 aromatic rings. The van der Waals surface area contributed by atoms with E-state index in [1.54, 1.807) is 18.2 Å². The van der Waals surface area contributed by atoms with E-state index < -0.39 is 24.5 Å². The lowest BCUT2D eigenvalue weighted by atomic mass is 10.2. The van der Waals surface area contributed by atoms with E-state index >= 15 is 0 Å². The Morgan fingerprint density at radius 2 is 2.05 bits per heavy atom. The van der Waals surface area contributed by atoms with Gasteiger partial charge in [-0.3, -0.25) is 4.79 Å². The minimum absolute atomic E-state index is 0.296. The first-order chi connectivity index (χ1) is 8.95. The molecule has 1 rings (SSSR count). The van der Waals surface area contributed by atoms with Crippen LogP contribution in [0.2, 0.25) is 10.0 Å². The molecule has 7 heteroatoms. The molecule has 0 saturated carbocycles. The predicted molar refractivity (Wildman–Crippen MR) is 72.1 cm³/mol. The summed E-state index contributed by atoms with van der Waals surface area (Å²) in [6.45, 7) is -0.688. The highest BCUT2D eigenvalue weighted by Gasteiger charge is 2.17. The van der Waals surface area contributed by atoms with Crippen LogP contribution in [0.5, 0.6) is 0 Å². The van der Waals surface area contributed by atoms with Crippen molar-refractivity contribution < 1.29 is 19.8 Å². The summed E-state index contributed by atoms with van der Waals surface area (Å²) >= 11 is 11.7. The summed E-state index contributed by atoms with van der Waals surface area (Å²) in [5, 5.41) is 20.2. The number of benzene rings is 1. The third-order valence-corrected chi connectivity index (χ3v) is 3.03. The molecule has 1 amide bonds. The molecule has 0 spiro atoms. The van der Waals surface area contributed by atoms with Crippen molar-refractivity contribution >= 4 is 41.2 Å². The lowest BCUT2D eigenvalue weighted by Gasteiger charge is -2.09. The van der Waals surface area contributed by atoms with Crippen molar-refractivity contribution in [1.82, 2.24) is 5.32 Å². The third kappa shape index (κ3) is 4.55. The quantitative estimate of drug-likeness (QED) is 0.721. The van der Waals surface area contributed by atoms with E-state index in [-0.39, 0.29) is 0 Å². The van der Waals surface area contributed by atoms with Gasteiger partial charge in [-0.2, -0.15) is 0 Å². The van der Waals surface area contributed by atoms with Gasteiger partial charge in [-0.1, -0.05) is 35.3 Å². The number of aliphatic hydroxyl groups is 1. The number of aliphatic carboxylic acids is 1. The molecular formula is C12H11Cl2NO4. The molecule has 0 fully saturated rings. The Bertz CT molecular complexity index is 516. The lowest BCUT2D eigenvalue weighted by molar-refractivity contribution is -0.142. The van der Waals surface area contributed by atoms with Crippen molar-refractivity contribution in [1.29, 1.82) is 0 Å². The monoisotopic (exact) mass is 303 g/mol. The largest absolute Gasteiger partial charge is 0.480 e. The van der Waals surface area contributed by atoms with Gasteiger partial charge in [-0.25, -0.2) is 4.79 Å². The molecule has 0 aliphatic rings. The molecule has 0 bridgehead atoms. The van der Waals surface area contributed by atoms with Crippen LogP contribution in [0.3, 0.4) is 0 Å². The van der Waals surface area contributed by atoms with Gasteiger partial charge >= 0.3 is 5.97 Å². The number of aliphatic hydroxyl groups excluding tert-OH is 1. The number of halogens is 2. The van der Waals surface area contributed by atoms with Crippen molar-refractivity contribution in [3.05, 3.63) is 39.9 Å². The normalized spacial score (nSPS) is 12.4. The Kier molecular flexibility index (Phi) is 5.82. The zero-order chi connectivity index (χ0) is 14.4. The molecule has 0 saturated heterocycles. The number of hydrogen-bond acceptors (Lipinski definition) is 3. The van der Waals surface area contributed by atoms with Crippen LogP contribution in [0, 0.1) is 0 Å². The molecule has 1 aromatic carbocycles. The minimum atomic E-state index is -1.34. The lowest BCUT2D eigenvalue weighted by Crippen LogP contribution is -2.42. The average Bonchev–Trinajstić information content (AvgIpc) is 2.37. The van der Waals surface area contributed by atoms with Crippen molar-refractivity contribution in [3.8, 4) is 0 Å². The fourth-order valence-electron chi connectivity index (χ4n) is 1.22. The second-order valence-electron chi connectivity index (χ2n) is 3.56. The topological polar surface area (TPSA) is 86.6 Å². The molecule has 19 heavy (non-hydrogen) atoms. The van der Waals surface area contributed by atoms with Gasteiger partial charge in [0.2, 0.25) is 5.91 Å². The van der Waals surface area contributed by atoms with Crippen LogP contribution in [0.15, 0.2) is 24.3 Å². The highest BCUT2D eigenvalue weighted by atomic mass is 35.5. The number of carboxylic acids is 1. The molecular weight excluding hydrogens is 293 g/mol. The van der Waals surface area contributed by atoms with E-state index in [1.807, 2.05) is 0 Å². The maximum Gasteiger partial charge on any atom is 0.328 e. The number of carbonyl (C=O) groups excluding carboxylic acids is 1. The van der Waals surface area contributed by atoms with Crippen molar-refractivity contribution in [3.63, 3.8) is 0 Å². The van der Waals surface area contributed by atoms with Crippen LogP contribution in [0.25, 0.3) is 6.08 Å². The average molecular weight is 304 g/mol. The fourth-order valence-corrected chi connectivity index (χ4v) is 1.59. The van der Waals surface area contributed by atoms with Crippen molar-refractivity contribution in [2.75, 3.05) is 6.61 Å². The molecule has 5 nitrogen and oxygen atoms in total. The summed E-state index contributed by atoms with van der Waals surface area (Å²) in [6, 6.07) is 3.58. The van der Waals surface area contributed by atoms with E-state index in [4.69, 9.17) is 33.4 Å². The SMILES string of the molecule is O=C(/C=C/c1cccc(Cl)c1Cl)NC(CO)C(=O)O. The Labute approximate surface area is 119 Å². The zero-order valence-corrected chi connectivity index (χ0v) is 11.1. The maximum atomic E-state index is 11.4. The molecule has 0 aromatic heterocycles. The summed E-state index contributed by atoms with van der Waals surface area (Å²) in [6.07, 6.45) is 2.52. The number of hydrogen-bond donors (Lipinski definition) is 3. The fraction of sp³-hybridized carbons (Fsp3) is 0.167. The van der Waals surface area contributed by atoms with E-state index in [2.05, 4.69) is 5.32 Å². The van der Waals surface area contributed by atoms with Crippen LogP contribution in [0.4, 0.5) is 0 Å². The maximum absolute atomic E-state index is 11.4.